The molecule has 0 saturated carbocycles. The summed E-state index contributed by atoms with van der Waals surface area (Å²) in [6.45, 7) is 7.38. The Morgan fingerprint density at radius 3 is 2.79 bits per heavy atom. The van der Waals surface area contributed by atoms with Gasteiger partial charge < -0.3 is 4.81 Å². The molecule has 1 aromatic rings. The fourth-order valence-corrected chi connectivity index (χ4v) is 3.70. The Hall–Kier alpha value is -1.28. The van der Waals surface area contributed by atoms with E-state index in [4.69, 9.17) is 0 Å². The van der Waals surface area contributed by atoms with Gasteiger partial charge in [0.2, 0.25) is 0 Å². The summed E-state index contributed by atoms with van der Waals surface area (Å²) < 4.78 is 0. The molecule has 1 nitrogen and oxygen atoms in total. The van der Waals surface area contributed by atoms with Crippen LogP contribution in [-0.2, 0) is 6.42 Å². The second-order valence-corrected chi connectivity index (χ2v) is 5.55. The van der Waals surface area contributed by atoms with Gasteiger partial charge in [0, 0.05) is 0 Å². The first-order chi connectivity index (χ1) is 9.35. The third-order valence-corrected chi connectivity index (χ3v) is 4.67. The topological polar surface area (TPSA) is 3.24 Å². The highest BCUT2D eigenvalue weighted by atomic mass is 15.0. The normalized spacial score (nSPS) is 21.1. The lowest BCUT2D eigenvalue weighted by atomic mass is 9.38. The van der Waals surface area contributed by atoms with Gasteiger partial charge in [-0.2, -0.15) is 0 Å². The maximum Gasteiger partial charge on any atom is 0.265 e. The van der Waals surface area contributed by atoms with Crippen LogP contribution in [0.15, 0.2) is 48.1 Å². The molecule has 0 amide bonds. The zero-order chi connectivity index (χ0) is 13.2. The van der Waals surface area contributed by atoms with E-state index < -0.39 is 0 Å². The molecular formula is C17H22BN. The SMILES string of the molecule is CCN(CC)B1c2ccccc2CC2=CC=CCC12. The highest BCUT2D eigenvalue weighted by Gasteiger charge is 2.39. The summed E-state index contributed by atoms with van der Waals surface area (Å²) in [4.78, 5) is 2.62. The molecule has 0 aromatic heterocycles. The van der Waals surface area contributed by atoms with Crippen molar-refractivity contribution in [3.05, 3.63) is 53.6 Å². The second kappa shape index (κ2) is 5.38. The van der Waals surface area contributed by atoms with Crippen molar-refractivity contribution in [3.63, 3.8) is 0 Å². The minimum atomic E-state index is 0.566. The number of nitrogens with zero attached hydrogens (tertiary/aromatic N) is 1. The van der Waals surface area contributed by atoms with Gasteiger partial charge in [-0.05, 0) is 37.3 Å². The van der Waals surface area contributed by atoms with Crippen molar-refractivity contribution in [2.75, 3.05) is 13.1 Å². The van der Waals surface area contributed by atoms with Gasteiger partial charge in [-0.3, -0.25) is 0 Å². The van der Waals surface area contributed by atoms with E-state index in [9.17, 15) is 0 Å². The Morgan fingerprint density at radius 1 is 1.21 bits per heavy atom. The average molecular weight is 251 g/mol. The maximum absolute atomic E-state index is 2.62. The fraction of sp³-hybridized carbons (Fsp3) is 0.412. The van der Waals surface area contributed by atoms with Gasteiger partial charge >= 0.3 is 0 Å². The van der Waals surface area contributed by atoms with E-state index in [1.165, 1.54) is 12.0 Å². The molecule has 1 aromatic carbocycles. The third kappa shape index (κ3) is 2.19. The molecule has 0 spiro atoms. The van der Waals surface area contributed by atoms with Crippen LogP contribution in [0.1, 0.15) is 25.8 Å². The van der Waals surface area contributed by atoms with Crippen molar-refractivity contribution in [1.82, 2.24) is 4.81 Å². The van der Waals surface area contributed by atoms with Crippen LogP contribution in [0.5, 0.6) is 0 Å². The number of rotatable bonds is 3. The van der Waals surface area contributed by atoms with Crippen molar-refractivity contribution in [3.8, 4) is 0 Å². The zero-order valence-corrected chi connectivity index (χ0v) is 12.0. The minimum Gasteiger partial charge on any atom is -0.338 e. The minimum absolute atomic E-state index is 0.566. The van der Waals surface area contributed by atoms with Crippen LogP contribution in [0.25, 0.3) is 0 Å². The van der Waals surface area contributed by atoms with Crippen molar-refractivity contribution >= 4 is 12.3 Å². The lowest BCUT2D eigenvalue weighted by Crippen LogP contribution is -2.55. The molecule has 0 fully saturated rings. The molecule has 1 atom stereocenters. The van der Waals surface area contributed by atoms with Crippen molar-refractivity contribution in [2.45, 2.75) is 32.5 Å². The van der Waals surface area contributed by atoms with E-state index in [1.807, 2.05) is 0 Å². The molecule has 3 rings (SSSR count). The lowest BCUT2D eigenvalue weighted by Gasteiger charge is -2.40. The number of hydrogen-bond acceptors (Lipinski definition) is 1. The number of allylic oxidation sites excluding steroid dienone is 4. The Kier molecular flexibility index (Phi) is 3.61. The molecule has 2 heteroatoms. The Bertz CT molecular complexity index is 514. The molecule has 0 saturated heterocycles. The van der Waals surface area contributed by atoms with Crippen LogP contribution in [0.2, 0.25) is 5.82 Å². The quantitative estimate of drug-likeness (QED) is 0.746. The summed E-state index contributed by atoms with van der Waals surface area (Å²) in [6.07, 6.45) is 9.25. The van der Waals surface area contributed by atoms with E-state index in [0.29, 0.717) is 12.7 Å². The summed E-state index contributed by atoms with van der Waals surface area (Å²) >= 11 is 0. The predicted octanol–water partition coefficient (Wildman–Crippen LogP) is 3.04. The van der Waals surface area contributed by atoms with Crippen molar-refractivity contribution in [2.24, 2.45) is 0 Å². The first-order valence-electron chi connectivity index (χ1n) is 7.52. The molecular weight excluding hydrogens is 229 g/mol. The summed E-state index contributed by atoms with van der Waals surface area (Å²) in [5.41, 5.74) is 4.71. The Morgan fingerprint density at radius 2 is 2.00 bits per heavy atom. The van der Waals surface area contributed by atoms with E-state index in [2.05, 4.69) is 61.2 Å². The first kappa shape index (κ1) is 12.7. The molecule has 1 heterocycles. The van der Waals surface area contributed by atoms with Gasteiger partial charge in [-0.15, -0.1) is 0 Å². The monoisotopic (exact) mass is 251 g/mol. The summed E-state index contributed by atoms with van der Waals surface area (Å²) in [5, 5.41) is 0. The van der Waals surface area contributed by atoms with Gasteiger partial charge in [-0.1, -0.05) is 67.4 Å². The molecule has 0 radical (unpaired) electrons. The van der Waals surface area contributed by atoms with Gasteiger partial charge in [0.1, 0.15) is 0 Å². The Labute approximate surface area is 117 Å². The molecule has 1 aliphatic carbocycles. The van der Waals surface area contributed by atoms with Crippen LogP contribution in [0.4, 0.5) is 0 Å². The molecule has 0 N–H and O–H groups in total. The lowest BCUT2D eigenvalue weighted by molar-refractivity contribution is 0.474. The van der Waals surface area contributed by atoms with Crippen LogP contribution in [-0.4, -0.2) is 24.7 Å². The highest BCUT2D eigenvalue weighted by Crippen LogP contribution is 2.36. The standard InChI is InChI=1S/C17H22BN/c1-3-19(4-2)18-16-11-7-5-9-14(16)13-15-10-6-8-12-17(15)18/h5-11,17H,3-4,12-13H2,1-2H3. The van der Waals surface area contributed by atoms with E-state index in [0.717, 1.165) is 19.5 Å². The van der Waals surface area contributed by atoms with E-state index >= 15 is 0 Å². The third-order valence-electron chi connectivity index (χ3n) is 4.67. The number of fused-ring (bicyclic) bond motifs is 2. The average Bonchev–Trinajstić information content (AvgIpc) is 2.47. The van der Waals surface area contributed by atoms with Crippen molar-refractivity contribution in [1.29, 1.82) is 0 Å². The van der Waals surface area contributed by atoms with Gasteiger partial charge in [0.25, 0.3) is 6.85 Å². The van der Waals surface area contributed by atoms with Gasteiger partial charge in [-0.25, -0.2) is 0 Å². The summed E-state index contributed by atoms with van der Waals surface area (Å²) in [7, 11) is 0. The predicted molar refractivity (Wildman–Crippen MR) is 84.0 cm³/mol. The largest absolute Gasteiger partial charge is 0.338 e. The van der Waals surface area contributed by atoms with Crippen LogP contribution in [0, 0.1) is 0 Å². The first-order valence-corrected chi connectivity index (χ1v) is 7.52. The molecule has 1 unspecified atom stereocenters. The van der Waals surface area contributed by atoms with Crippen LogP contribution < -0.4 is 5.46 Å². The molecule has 19 heavy (non-hydrogen) atoms. The fourth-order valence-electron chi connectivity index (χ4n) is 3.70. The van der Waals surface area contributed by atoms with E-state index in [-0.39, 0.29) is 0 Å². The van der Waals surface area contributed by atoms with Crippen LogP contribution >= 0.6 is 0 Å². The zero-order valence-electron chi connectivity index (χ0n) is 12.0. The van der Waals surface area contributed by atoms with Crippen molar-refractivity contribution < 1.29 is 0 Å². The number of benzene rings is 1. The molecule has 1 aliphatic heterocycles. The Balaban J connectivity index is 2.07. The molecule has 2 aliphatic rings. The van der Waals surface area contributed by atoms with Gasteiger partial charge in [0.15, 0.2) is 0 Å². The molecule has 98 valence electrons. The highest BCUT2D eigenvalue weighted by molar-refractivity contribution is 6.73. The smallest absolute Gasteiger partial charge is 0.265 e. The van der Waals surface area contributed by atoms with Crippen LogP contribution in [0.3, 0.4) is 0 Å². The number of hydrogen-bond donors (Lipinski definition) is 0. The summed E-state index contributed by atoms with van der Waals surface area (Å²) in [6, 6.07) is 9.02. The van der Waals surface area contributed by atoms with Gasteiger partial charge in [0.05, 0.1) is 0 Å². The summed E-state index contributed by atoms with van der Waals surface area (Å²) in [5.74, 6) is 0.680. The second-order valence-electron chi connectivity index (χ2n) is 5.55. The van der Waals surface area contributed by atoms with E-state index in [1.54, 1.807) is 11.0 Å². The molecule has 0 bridgehead atoms. The maximum atomic E-state index is 2.62.